The number of nitrogens with zero attached hydrogens (tertiary/aromatic N) is 2. The monoisotopic (exact) mass is 465 g/mol. The van der Waals surface area contributed by atoms with Gasteiger partial charge >= 0.3 is 0 Å². The Bertz CT molecular complexity index is 1060. The highest BCUT2D eigenvalue weighted by atomic mass is 79.9. The van der Waals surface area contributed by atoms with Crippen molar-refractivity contribution in [1.29, 1.82) is 0 Å². The predicted molar refractivity (Wildman–Crippen MR) is 124 cm³/mol. The van der Waals surface area contributed by atoms with Crippen LogP contribution in [0, 0.1) is 0 Å². The fraction of sp³-hybridized carbons (Fsp3) is 0.125. The summed E-state index contributed by atoms with van der Waals surface area (Å²) in [5, 5.41) is 4.23. The van der Waals surface area contributed by atoms with Crippen molar-refractivity contribution < 1.29 is 0 Å². The predicted octanol–water partition coefficient (Wildman–Crippen LogP) is 6.82. The van der Waals surface area contributed by atoms with E-state index in [1.165, 1.54) is 11.1 Å². The standard InChI is InChI=1S/C24H21BrClN3/c25-21-10-6-19(7-11-21)16-27-24-28-17-23(20-8-12-22(26)13-9-20)29(24)15-14-18-4-2-1-3-5-18/h1-13,17H,14-16H2,(H,27,28). The first-order chi connectivity index (χ1) is 14.2. The van der Waals surface area contributed by atoms with E-state index in [-0.39, 0.29) is 0 Å². The number of aryl methyl sites for hydroxylation is 1. The number of halogens is 2. The normalized spacial score (nSPS) is 10.8. The van der Waals surface area contributed by atoms with Crippen LogP contribution in [0.1, 0.15) is 11.1 Å². The fourth-order valence-corrected chi connectivity index (χ4v) is 3.65. The Labute approximate surface area is 184 Å². The molecule has 0 radical (unpaired) electrons. The molecule has 146 valence electrons. The molecule has 0 aliphatic rings. The average Bonchev–Trinajstić information content (AvgIpc) is 3.16. The lowest BCUT2D eigenvalue weighted by Crippen LogP contribution is -2.10. The lowest BCUT2D eigenvalue weighted by molar-refractivity contribution is 0.705. The van der Waals surface area contributed by atoms with Crippen LogP contribution < -0.4 is 5.32 Å². The maximum Gasteiger partial charge on any atom is 0.203 e. The maximum absolute atomic E-state index is 6.08. The second kappa shape index (κ2) is 9.29. The van der Waals surface area contributed by atoms with Gasteiger partial charge in [0.2, 0.25) is 5.95 Å². The molecule has 0 aliphatic heterocycles. The molecule has 4 rings (SSSR count). The quantitative estimate of drug-likeness (QED) is 0.324. The van der Waals surface area contributed by atoms with Crippen molar-refractivity contribution >= 4 is 33.5 Å². The molecule has 1 N–H and O–H groups in total. The van der Waals surface area contributed by atoms with E-state index in [4.69, 9.17) is 11.6 Å². The van der Waals surface area contributed by atoms with Gasteiger partial charge in [-0.25, -0.2) is 4.98 Å². The molecular formula is C24H21BrClN3. The van der Waals surface area contributed by atoms with Crippen LogP contribution in [0.15, 0.2) is 89.5 Å². The van der Waals surface area contributed by atoms with Gasteiger partial charge < -0.3 is 9.88 Å². The molecule has 0 bridgehead atoms. The SMILES string of the molecule is Clc1ccc(-c2cnc(NCc3ccc(Br)cc3)n2CCc2ccccc2)cc1. The van der Waals surface area contributed by atoms with E-state index in [1.54, 1.807) is 0 Å². The van der Waals surface area contributed by atoms with E-state index in [9.17, 15) is 0 Å². The van der Waals surface area contributed by atoms with E-state index in [0.717, 1.165) is 46.2 Å². The maximum atomic E-state index is 6.08. The van der Waals surface area contributed by atoms with E-state index >= 15 is 0 Å². The third kappa shape index (κ3) is 5.08. The first kappa shape index (κ1) is 19.7. The van der Waals surface area contributed by atoms with Crippen LogP contribution in [0.2, 0.25) is 5.02 Å². The van der Waals surface area contributed by atoms with Crippen LogP contribution in [-0.4, -0.2) is 9.55 Å². The zero-order valence-corrected chi connectivity index (χ0v) is 18.2. The molecule has 1 aromatic heterocycles. The van der Waals surface area contributed by atoms with Crippen molar-refractivity contribution in [3.05, 3.63) is 106 Å². The van der Waals surface area contributed by atoms with E-state index < -0.39 is 0 Å². The molecule has 1 heterocycles. The number of imidazole rings is 1. The molecule has 4 aromatic rings. The van der Waals surface area contributed by atoms with Gasteiger partial charge in [0, 0.05) is 22.6 Å². The second-order valence-electron chi connectivity index (χ2n) is 6.84. The van der Waals surface area contributed by atoms with Crippen molar-refractivity contribution in [3.63, 3.8) is 0 Å². The number of hydrogen-bond donors (Lipinski definition) is 1. The van der Waals surface area contributed by atoms with Gasteiger partial charge in [0.05, 0.1) is 11.9 Å². The van der Waals surface area contributed by atoms with Crippen LogP contribution in [0.3, 0.4) is 0 Å². The highest BCUT2D eigenvalue weighted by molar-refractivity contribution is 9.10. The van der Waals surface area contributed by atoms with Gasteiger partial charge in [-0.15, -0.1) is 0 Å². The average molecular weight is 467 g/mol. The Morgan fingerprint density at radius 2 is 1.59 bits per heavy atom. The highest BCUT2D eigenvalue weighted by Crippen LogP contribution is 2.26. The number of anilines is 1. The van der Waals surface area contributed by atoms with Crippen molar-refractivity contribution in [1.82, 2.24) is 9.55 Å². The van der Waals surface area contributed by atoms with E-state index in [0.29, 0.717) is 0 Å². The molecule has 0 saturated heterocycles. The minimum Gasteiger partial charge on any atom is -0.352 e. The summed E-state index contributed by atoms with van der Waals surface area (Å²) in [5.41, 5.74) is 4.70. The van der Waals surface area contributed by atoms with Crippen LogP contribution in [0.25, 0.3) is 11.3 Å². The molecule has 0 atom stereocenters. The molecule has 0 fully saturated rings. The number of rotatable bonds is 7. The summed E-state index contributed by atoms with van der Waals surface area (Å²) in [6.07, 6.45) is 2.86. The van der Waals surface area contributed by atoms with Crippen molar-refractivity contribution in [2.24, 2.45) is 0 Å². The number of aromatic nitrogens is 2. The number of benzene rings is 3. The molecular weight excluding hydrogens is 446 g/mol. The van der Waals surface area contributed by atoms with Gasteiger partial charge in [-0.2, -0.15) is 0 Å². The highest BCUT2D eigenvalue weighted by Gasteiger charge is 2.12. The largest absolute Gasteiger partial charge is 0.352 e. The Kier molecular flexibility index (Phi) is 6.33. The summed E-state index contributed by atoms with van der Waals surface area (Å²) in [6.45, 7) is 1.56. The Morgan fingerprint density at radius 1 is 0.862 bits per heavy atom. The van der Waals surface area contributed by atoms with Gasteiger partial charge in [-0.1, -0.05) is 82.1 Å². The molecule has 29 heavy (non-hydrogen) atoms. The second-order valence-corrected chi connectivity index (χ2v) is 8.19. The van der Waals surface area contributed by atoms with Gasteiger partial charge in [0.1, 0.15) is 0 Å². The minimum atomic E-state index is 0.718. The molecule has 0 unspecified atom stereocenters. The summed E-state index contributed by atoms with van der Waals surface area (Å²) < 4.78 is 3.32. The summed E-state index contributed by atoms with van der Waals surface area (Å²) in [7, 11) is 0. The summed E-state index contributed by atoms with van der Waals surface area (Å²) in [6, 6.07) is 26.8. The van der Waals surface area contributed by atoms with E-state index in [1.807, 2.05) is 36.5 Å². The third-order valence-corrected chi connectivity index (χ3v) is 5.61. The van der Waals surface area contributed by atoms with Gasteiger partial charge in [0.15, 0.2) is 0 Å². The minimum absolute atomic E-state index is 0.718. The van der Waals surface area contributed by atoms with Crippen LogP contribution in [-0.2, 0) is 19.5 Å². The van der Waals surface area contributed by atoms with Gasteiger partial charge in [-0.05, 0) is 47.4 Å². The Balaban J connectivity index is 1.59. The topological polar surface area (TPSA) is 29.9 Å². The fourth-order valence-electron chi connectivity index (χ4n) is 3.26. The molecule has 0 aliphatic carbocycles. The molecule has 0 spiro atoms. The number of hydrogen-bond acceptors (Lipinski definition) is 2. The Hall–Kier alpha value is -2.56. The summed E-state index contributed by atoms with van der Waals surface area (Å²) in [4.78, 5) is 4.67. The molecule has 5 heteroatoms. The zero-order valence-electron chi connectivity index (χ0n) is 15.9. The van der Waals surface area contributed by atoms with Crippen LogP contribution in [0.4, 0.5) is 5.95 Å². The van der Waals surface area contributed by atoms with Gasteiger partial charge in [0.25, 0.3) is 0 Å². The summed E-state index contributed by atoms with van der Waals surface area (Å²) >= 11 is 9.56. The lowest BCUT2D eigenvalue weighted by Gasteiger charge is -2.14. The smallest absolute Gasteiger partial charge is 0.203 e. The molecule has 0 amide bonds. The zero-order chi connectivity index (χ0) is 20.1. The molecule has 0 saturated carbocycles. The van der Waals surface area contributed by atoms with Gasteiger partial charge in [-0.3, -0.25) is 0 Å². The van der Waals surface area contributed by atoms with Crippen molar-refractivity contribution in [2.75, 3.05) is 5.32 Å². The summed E-state index contributed by atoms with van der Waals surface area (Å²) in [5.74, 6) is 0.869. The number of nitrogens with one attached hydrogen (secondary N) is 1. The van der Waals surface area contributed by atoms with Crippen LogP contribution >= 0.6 is 27.5 Å². The van der Waals surface area contributed by atoms with Crippen molar-refractivity contribution in [2.45, 2.75) is 19.5 Å². The first-order valence-corrected chi connectivity index (χ1v) is 10.7. The molecule has 3 nitrogen and oxygen atoms in total. The first-order valence-electron chi connectivity index (χ1n) is 9.53. The van der Waals surface area contributed by atoms with E-state index in [2.05, 4.69) is 79.3 Å². The van der Waals surface area contributed by atoms with Crippen molar-refractivity contribution in [3.8, 4) is 11.3 Å². The van der Waals surface area contributed by atoms with Crippen LogP contribution in [0.5, 0.6) is 0 Å². The Morgan fingerprint density at radius 3 is 2.31 bits per heavy atom. The molecule has 3 aromatic carbocycles. The third-order valence-electron chi connectivity index (χ3n) is 4.83. The lowest BCUT2D eigenvalue weighted by atomic mass is 10.1.